The summed E-state index contributed by atoms with van der Waals surface area (Å²) in [5.74, 6) is -1.94. The Kier molecular flexibility index (Phi) is 10.6. The van der Waals surface area contributed by atoms with Crippen LogP contribution in [0.4, 0.5) is 0 Å². The highest BCUT2D eigenvalue weighted by atomic mass is 35.5. The Labute approximate surface area is 174 Å². The van der Waals surface area contributed by atoms with Crippen LogP contribution in [0.1, 0.15) is 35.8 Å². The van der Waals surface area contributed by atoms with E-state index >= 15 is 0 Å². The zero-order chi connectivity index (χ0) is 21.1. The van der Waals surface area contributed by atoms with Gasteiger partial charge in [-0.1, -0.05) is 47.5 Å². The van der Waals surface area contributed by atoms with Gasteiger partial charge in [-0.2, -0.15) is 0 Å². The Morgan fingerprint density at radius 1 is 0.714 bits per heavy atom. The topological polar surface area (TPSA) is 127 Å². The predicted octanol–water partition coefficient (Wildman–Crippen LogP) is 3.71. The summed E-state index contributed by atoms with van der Waals surface area (Å²) in [7, 11) is 0. The number of hydrogen-bond acceptors (Lipinski definition) is 4. The summed E-state index contributed by atoms with van der Waals surface area (Å²) in [6.07, 6.45) is 0.107. The van der Waals surface area contributed by atoms with Crippen LogP contribution in [0.15, 0.2) is 48.5 Å². The number of halogens is 2. The summed E-state index contributed by atoms with van der Waals surface area (Å²) in [4.78, 5) is 21.1. The Balaban J connectivity index is 0.000000280. The first-order valence-electron chi connectivity index (χ1n) is 8.61. The van der Waals surface area contributed by atoms with Gasteiger partial charge < -0.3 is 21.7 Å². The summed E-state index contributed by atoms with van der Waals surface area (Å²) in [6, 6.07) is 14.2. The van der Waals surface area contributed by atoms with Crippen LogP contribution in [-0.2, 0) is 9.59 Å². The molecule has 2 rings (SSSR count). The molecule has 6 N–H and O–H groups in total. The lowest BCUT2D eigenvalue weighted by molar-refractivity contribution is -0.138. The summed E-state index contributed by atoms with van der Waals surface area (Å²) in [5, 5.41) is 18.6. The first-order chi connectivity index (χ1) is 13.3. The quantitative estimate of drug-likeness (QED) is 0.509. The van der Waals surface area contributed by atoms with Crippen molar-refractivity contribution in [2.45, 2.75) is 24.7 Å². The largest absolute Gasteiger partial charge is 0.481 e. The number of rotatable bonds is 8. The second-order valence-electron chi connectivity index (χ2n) is 6.16. The molecule has 0 saturated heterocycles. The summed E-state index contributed by atoms with van der Waals surface area (Å²) in [5.41, 5.74) is 12.8. The van der Waals surface area contributed by atoms with Crippen LogP contribution >= 0.6 is 23.2 Å². The van der Waals surface area contributed by atoms with Crippen molar-refractivity contribution in [3.8, 4) is 0 Å². The molecule has 2 aromatic carbocycles. The highest BCUT2D eigenvalue weighted by Crippen LogP contribution is 2.21. The van der Waals surface area contributed by atoms with Gasteiger partial charge in [0.15, 0.2) is 0 Å². The summed E-state index contributed by atoms with van der Waals surface area (Å²) in [6.45, 7) is 0.655. The van der Waals surface area contributed by atoms with Crippen molar-refractivity contribution in [3.05, 3.63) is 69.7 Å². The highest BCUT2D eigenvalue weighted by Gasteiger charge is 2.14. The molecular weight excluding hydrogens is 403 g/mol. The number of aliphatic carboxylic acids is 2. The van der Waals surface area contributed by atoms with Gasteiger partial charge in [-0.15, -0.1) is 0 Å². The highest BCUT2D eigenvalue weighted by molar-refractivity contribution is 6.30. The van der Waals surface area contributed by atoms with Crippen LogP contribution < -0.4 is 11.5 Å². The van der Waals surface area contributed by atoms with E-state index in [1.807, 2.05) is 24.3 Å². The van der Waals surface area contributed by atoms with E-state index < -0.39 is 11.9 Å². The second-order valence-corrected chi connectivity index (χ2v) is 7.04. The van der Waals surface area contributed by atoms with Crippen molar-refractivity contribution in [2.75, 3.05) is 13.1 Å². The second kappa shape index (κ2) is 12.4. The SMILES string of the molecule is NC[C@H](CC(=O)O)c1ccc(Cl)cc1.NC[C@H](CC(=O)O)c1ccc(Cl)cc1. The van der Waals surface area contributed by atoms with Crippen molar-refractivity contribution in [1.82, 2.24) is 0 Å². The monoisotopic (exact) mass is 426 g/mol. The van der Waals surface area contributed by atoms with Crippen LogP contribution in [0, 0.1) is 0 Å². The lowest BCUT2D eigenvalue weighted by atomic mass is 9.96. The molecule has 28 heavy (non-hydrogen) atoms. The Morgan fingerprint density at radius 3 is 1.21 bits per heavy atom. The van der Waals surface area contributed by atoms with Crippen LogP contribution in [0.5, 0.6) is 0 Å². The van der Waals surface area contributed by atoms with Gasteiger partial charge >= 0.3 is 11.9 Å². The van der Waals surface area contributed by atoms with Crippen LogP contribution in [-0.4, -0.2) is 35.2 Å². The van der Waals surface area contributed by atoms with Gasteiger partial charge in [0.05, 0.1) is 12.8 Å². The maximum Gasteiger partial charge on any atom is 0.304 e. The van der Waals surface area contributed by atoms with E-state index in [-0.39, 0.29) is 24.7 Å². The van der Waals surface area contributed by atoms with E-state index in [9.17, 15) is 9.59 Å². The Bertz CT molecular complexity index is 686. The normalized spacial score (nSPS) is 12.4. The average Bonchev–Trinajstić information content (AvgIpc) is 2.66. The van der Waals surface area contributed by atoms with Crippen molar-refractivity contribution in [3.63, 3.8) is 0 Å². The van der Waals surface area contributed by atoms with Crippen LogP contribution in [0.3, 0.4) is 0 Å². The van der Waals surface area contributed by atoms with Crippen molar-refractivity contribution >= 4 is 35.1 Å². The minimum Gasteiger partial charge on any atom is -0.481 e. The van der Waals surface area contributed by atoms with Gasteiger partial charge in [-0.05, 0) is 48.5 Å². The fourth-order valence-corrected chi connectivity index (χ4v) is 2.82. The Hall–Kier alpha value is -2.12. The number of benzene rings is 2. The van der Waals surface area contributed by atoms with Gasteiger partial charge in [0, 0.05) is 21.9 Å². The van der Waals surface area contributed by atoms with E-state index in [0.717, 1.165) is 11.1 Å². The zero-order valence-electron chi connectivity index (χ0n) is 15.2. The van der Waals surface area contributed by atoms with E-state index in [1.165, 1.54) is 0 Å². The molecule has 0 aliphatic rings. The minimum absolute atomic E-state index is 0.0537. The molecule has 2 atom stereocenters. The third kappa shape index (κ3) is 8.71. The number of carbonyl (C=O) groups is 2. The van der Waals surface area contributed by atoms with E-state index in [4.69, 9.17) is 44.9 Å². The molecule has 0 fully saturated rings. The molecule has 0 radical (unpaired) electrons. The lowest BCUT2D eigenvalue weighted by Crippen LogP contribution is -2.16. The number of nitrogens with two attached hydrogens (primary N) is 2. The predicted molar refractivity (Wildman–Crippen MR) is 111 cm³/mol. The molecule has 0 heterocycles. The van der Waals surface area contributed by atoms with Gasteiger partial charge in [-0.3, -0.25) is 9.59 Å². The maximum absolute atomic E-state index is 10.5. The molecule has 2 aromatic rings. The minimum atomic E-state index is -0.838. The van der Waals surface area contributed by atoms with Gasteiger partial charge in [0.25, 0.3) is 0 Å². The Morgan fingerprint density at radius 2 is 1.00 bits per heavy atom. The third-order valence-electron chi connectivity index (χ3n) is 4.09. The van der Waals surface area contributed by atoms with Crippen molar-refractivity contribution in [1.29, 1.82) is 0 Å². The number of hydrogen-bond donors (Lipinski definition) is 4. The number of carboxylic acids is 2. The van der Waals surface area contributed by atoms with E-state index in [2.05, 4.69) is 0 Å². The van der Waals surface area contributed by atoms with Gasteiger partial charge in [0.2, 0.25) is 0 Å². The van der Waals surface area contributed by atoms with Crippen LogP contribution in [0.25, 0.3) is 0 Å². The van der Waals surface area contributed by atoms with Gasteiger partial charge in [0.1, 0.15) is 0 Å². The first kappa shape index (κ1) is 23.9. The standard InChI is InChI=1S/2C10H12ClNO2/c2*11-9-3-1-7(2-4-9)8(6-12)5-10(13)14/h2*1-4,8H,5-6,12H2,(H,13,14)/t2*8-/m00/s1. The molecule has 0 spiro atoms. The van der Waals surface area contributed by atoms with Gasteiger partial charge in [-0.25, -0.2) is 0 Å². The average molecular weight is 427 g/mol. The fourth-order valence-electron chi connectivity index (χ4n) is 2.57. The molecule has 0 unspecified atom stereocenters. The lowest BCUT2D eigenvalue weighted by Gasteiger charge is -2.12. The molecule has 0 aliphatic carbocycles. The molecular formula is C20H24Cl2N2O4. The maximum atomic E-state index is 10.5. The van der Waals surface area contributed by atoms with Crippen LogP contribution in [0.2, 0.25) is 10.0 Å². The molecule has 152 valence electrons. The van der Waals surface area contributed by atoms with Crippen molar-refractivity contribution in [2.24, 2.45) is 11.5 Å². The smallest absolute Gasteiger partial charge is 0.304 e. The molecule has 0 amide bonds. The molecule has 6 nitrogen and oxygen atoms in total. The van der Waals surface area contributed by atoms with E-state index in [0.29, 0.717) is 23.1 Å². The van der Waals surface area contributed by atoms with Crippen molar-refractivity contribution < 1.29 is 19.8 Å². The molecule has 8 heteroatoms. The number of carboxylic acid groups (broad SMARTS) is 2. The third-order valence-corrected chi connectivity index (χ3v) is 4.60. The molecule has 0 aromatic heterocycles. The first-order valence-corrected chi connectivity index (χ1v) is 9.37. The summed E-state index contributed by atoms with van der Waals surface area (Å²) >= 11 is 11.4. The fraction of sp³-hybridized carbons (Fsp3) is 0.300. The molecule has 0 saturated carbocycles. The van der Waals surface area contributed by atoms with E-state index in [1.54, 1.807) is 24.3 Å². The molecule has 0 bridgehead atoms. The zero-order valence-corrected chi connectivity index (χ0v) is 16.7. The molecule has 0 aliphatic heterocycles. The summed E-state index contributed by atoms with van der Waals surface area (Å²) < 4.78 is 0.